The van der Waals surface area contributed by atoms with Crippen molar-refractivity contribution in [3.63, 3.8) is 0 Å². The number of benzene rings is 2. The Kier molecular flexibility index (Phi) is 5.97. The van der Waals surface area contributed by atoms with Gasteiger partial charge in [-0.15, -0.1) is 0 Å². The topological polar surface area (TPSA) is 29.1 Å². The van der Waals surface area contributed by atoms with Crippen molar-refractivity contribution >= 4 is 12.0 Å². The van der Waals surface area contributed by atoms with Crippen LogP contribution in [0.1, 0.15) is 50.3 Å². The summed E-state index contributed by atoms with van der Waals surface area (Å²) in [6.07, 6.45) is 3.46. The molecule has 2 aromatic carbocycles. The second-order valence-electron chi connectivity index (χ2n) is 7.26. The van der Waals surface area contributed by atoms with E-state index in [0.717, 1.165) is 5.56 Å². The van der Waals surface area contributed by atoms with Crippen molar-refractivity contribution in [2.24, 2.45) is 0 Å². The first-order valence-corrected chi connectivity index (χ1v) is 8.47. The molecule has 1 unspecified atom stereocenters. The molecule has 0 aliphatic carbocycles. The summed E-state index contributed by atoms with van der Waals surface area (Å²) in [6.45, 7) is 9.33. The molecule has 126 valence electrons. The van der Waals surface area contributed by atoms with Gasteiger partial charge in [0.25, 0.3) is 0 Å². The number of hydrogen-bond donors (Lipinski definition) is 1. The highest BCUT2D eigenvalue weighted by Gasteiger charge is 2.12. The zero-order valence-corrected chi connectivity index (χ0v) is 15.0. The summed E-state index contributed by atoms with van der Waals surface area (Å²) in [7, 11) is 0. The maximum Gasteiger partial charge on any atom is 0.244 e. The van der Waals surface area contributed by atoms with E-state index in [1.54, 1.807) is 6.08 Å². The Hall–Kier alpha value is -2.35. The van der Waals surface area contributed by atoms with Crippen LogP contribution in [-0.4, -0.2) is 12.5 Å². The molecule has 2 heteroatoms. The summed E-state index contributed by atoms with van der Waals surface area (Å²) >= 11 is 0. The first kappa shape index (κ1) is 18.0. The summed E-state index contributed by atoms with van der Waals surface area (Å²) < 4.78 is 0. The molecule has 0 aliphatic rings. The van der Waals surface area contributed by atoms with E-state index in [-0.39, 0.29) is 11.3 Å². The largest absolute Gasteiger partial charge is 0.352 e. The average Bonchev–Trinajstić information content (AvgIpc) is 2.58. The number of nitrogens with one attached hydrogen (secondary N) is 1. The van der Waals surface area contributed by atoms with Crippen LogP contribution in [0.3, 0.4) is 0 Å². The van der Waals surface area contributed by atoms with Gasteiger partial charge in [0.15, 0.2) is 0 Å². The van der Waals surface area contributed by atoms with Crippen LogP contribution in [0, 0.1) is 0 Å². The minimum absolute atomic E-state index is 0.0577. The van der Waals surface area contributed by atoms with Crippen LogP contribution in [-0.2, 0) is 10.2 Å². The fourth-order valence-electron chi connectivity index (χ4n) is 2.48. The molecule has 1 amide bonds. The molecule has 2 aromatic rings. The highest BCUT2D eigenvalue weighted by molar-refractivity contribution is 5.91. The van der Waals surface area contributed by atoms with Crippen molar-refractivity contribution in [3.8, 4) is 0 Å². The molecule has 2 rings (SSSR count). The molecule has 0 fully saturated rings. The molecule has 0 aromatic heterocycles. The monoisotopic (exact) mass is 321 g/mol. The van der Waals surface area contributed by atoms with Crippen LogP contribution in [0.2, 0.25) is 0 Å². The first-order chi connectivity index (χ1) is 11.4. The molecule has 0 radical (unpaired) electrons. The fraction of sp³-hybridized carbons (Fsp3) is 0.318. The second kappa shape index (κ2) is 7.96. The number of carbonyl (C=O) groups is 1. The fourth-order valence-corrected chi connectivity index (χ4v) is 2.48. The van der Waals surface area contributed by atoms with E-state index in [1.165, 1.54) is 11.1 Å². The van der Waals surface area contributed by atoms with E-state index in [0.29, 0.717) is 12.5 Å². The van der Waals surface area contributed by atoms with Crippen molar-refractivity contribution in [3.05, 3.63) is 77.4 Å². The molecule has 0 bridgehead atoms. The summed E-state index contributed by atoms with van der Waals surface area (Å²) in [5, 5.41) is 2.96. The highest BCUT2D eigenvalue weighted by atomic mass is 16.1. The molecular weight excluding hydrogens is 294 g/mol. The Labute approximate surface area is 145 Å². The zero-order valence-electron chi connectivity index (χ0n) is 15.0. The third kappa shape index (κ3) is 5.38. The van der Waals surface area contributed by atoms with Crippen LogP contribution in [0.4, 0.5) is 0 Å². The van der Waals surface area contributed by atoms with Crippen molar-refractivity contribution in [2.45, 2.75) is 39.0 Å². The van der Waals surface area contributed by atoms with Gasteiger partial charge in [-0.3, -0.25) is 4.79 Å². The lowest BCUT2D eigenvalue weighted by atomic mass is 9.87. The smallest absolute Gasteiger partial charge is 0.244 e. The van der Waals surface area contributed by atoms with Gasteiger partial charge in [-0.1, -0.05) is 82.3 Å². The van der Waals surface area contributed by atoms with Gasteiger partial charge in [-0.25, -0.2) is 0 Å². The quantitative estimate of drug-likeness (QED) is 0.778. The number of hydrogen-bond acceptors (Lipinski definition) is 1. The van der Waals surface area contributed by atoms with Gasteiger partial charge in [0.2, 0.25) is 5.91 Å². The molecule has 2 nitrogen and oxygen atoms in total. The van der Waals surface area contributed by atoms with E-state index in [1.807, 2.05) is 24.3 Å². The molecule has 24 heavy (non-hydrogen) atoms. The van der Waals surface area contributed by atoms with E-state index in [2.05, 4.69) is 69.4 Å². The van der Waals surface area contributed by atoms with Crippen molar-refractivity contribution in [2.75, 3.05) is 6.54 Å². The van der Waals surface area contributed by atoms with Gasteiger partial charge < -0.3 is 5.32 Å². The number of carbonyl (C=O) groups excluding carboxylic acids is 1. The average molecular weight is 321 g/mol. The minimum Gasteiger partial charge on any atom is -0.352 e. The van der Waals surface area contributed by atoms with Gasteiger partial charge >= 0.3 is 0 Å². The Morgan fingerprint density at radius 3 is 2.25 bits per heavy atom. The molecule has 1 atom stereocenters. The molecule has 0 saturated carbocycles. The van der Waals surface area contributed by atoms with Gasteiger partial charge in [-0.05, 0) is 34.1 Å². The maximum atomic E-state index is 12.0. The Bertz CT molecular complexity index is 678. The maximum absolute atomic E-state index is 12.0. The van der Waals surface area contributed by atoms with Crippen LogP contribution < -0.4 is 5.32 Å². The van der Waals surface area contributed by atoms with Crippen molar-refractivity contribution in [1.82, 2.24) is 5.32 Å². The number of amides is 1. The summed E-state index contributed by atoms with van der Waals surface area (Å²) in [5.74, 6) is 0.243. The van der Waals surface area contributed by atoms with Gasteiger partial charge in [0, 0.05) is 12.6 Å². The SMILES string of the molecule is CC(CNC(=O)/C=C/c1ccc(C(C)(C)C)cc1)c1ccccc1. The highest BCUT2D eigenvalue weighted by Crippen LogP contribution is 2.22. The third-order valence-electron chi connectivity index (χ3n) is 4.15. The molecule has 0 heterocycles. The van der Waals surface area contributed by atoms with Crippen molar-refractivity contribution in [1.29, 1.82) is 0 Å². The van der Waals surface area contributed by atoms with E-state index in [9.17, 15) is 4.79 Å². The molecule has 0 aliphatic heterocycles. The predicted octanol–water partition coefficient (Wildman–Crippen LogP) is 4.92. The normalized spacial score (nSPS) is 13.0. The van der Waals surface area contributed by atoms with Crippen LogP contribution >= 0.6 is 0 Å². The van der Waals surface area contributed by atoms with Gasteiger partial charge in [0.1, 0.15) is 0 Å². The summed E-state index contributed by atoms with van der Waals surface area (Å²) in [6, 6.07) is 18.6. The molecule has 1 N–H and O–H groups in total. The Balaban J connectivity index is 1.87. The predicted molar refractivity (Wildman–Crippen MR) is 102 cm³/mol. The second-order valence-corrected chi connectivity index (χ2v) is 7.26. The first-order valence-electron chi connectivity index (χ1n) is 8.47. The lowest BCUT2D eigenvalue weighted by Gasteiger charge is -2.18. The van der Waals surface area contributed by atoms with Crippen LogP contribution in [0.25, 0.3) is 6.08 Å². The zero-order chi connectivity index (χ0) is 17.6. The Morgan fingerprint density at radius 2 is 1.67 bits per heavy atom. The molecular formula is C22H27NO. The van der Waals surface area contributed by atoms with Gasteiger partial charge in [0.05, 0.1) is 0 Å². The Morgan fingerprint density at radius 1 is 1.04 bits per heavy atom. The number of rotatable bonds is 5. The summed E-state index contributed by atoms with van der Waals surface area (Å²) in [4.78, 5) is 12.0. The van der Waals surface area contributed by atoms with E-state index in [4.69, 9.17) is 0 Å². The third-order valence-corrected chi connectivity index (χ3v) is 4.15. The standard InChI is InChI=1S/C22H27NO/c1-17(19-8-6-5-7-9-19)16-23-21(24)15-12-18-10-13-20(14-11-18)22(2,3)4/h5-15,17H,16H2,1-4H3,(H,23,24)/b15-12+. The molecule has 0 saturated heterocycles. The van der Waals surface area contributed by atoms with Crippen LogP contribution in [0.15, 0.2) is 60.7 Å². The lowest BCUT2D eigenvalue weighted by Crippen LogP contribution is -2.25. The van der Waals surface area contributed by atoms with Crippen LogP contribution in [0.5, 0.6) is 0 Å². The summed E-state index contributed by atoms with van der Waals surface area (Å²) in [5.41, 5.74) is 3.71. The van der Waals surface area contributed by atoms with Crippen molar-refractivity contribution < 1.29 is 4.79 Å². The minimum atomic E-state index is -0.0577. The van der Waals surface area contributed by atoms with E-state index >= 15 is 0 Å². The molecule has 0 spiro atoms. The lowest BCUT2D eigenvalue weighted by molar-refractivity contribution is -0.116. The van der Waals surface area contributed by atoms with E-state index < -0.39 is 0 Å². The van der Waals surface area contributed by atoms with Gasteiger partial charge in [-0.2, -0.15) is 0 Å².